The number of hydrogen-bond donors (Lipinski definition) is 0. The van der Waals surface area contributed by atoms with Crippen LogP contribution in [0.25, 0.3) is 10.4 Å². The quantitative estimate of drug-likeness (QED) is 0.236. The molecular formula is C11H15N3O7. The van der Waals surface area contributed by atoms with Crippen LogP contribution in [0.1, 0.15) is 20.8 Å². The highest BCUT2D eigenvalue weighted by Gasteiger charge is 2.50. The average Bonchev–Trinajstić information content (AvgIpc) is 2.63. The molecule has 0 aromatic heterocycles. The van der Waals surface area contributed by atoms with E-state index in [0.29, 0.717) is 0 Å². The van der Waals surface area contributed by atoms with Gasteiger partial charge in [0.2, 0.25) is 12.4 Å². The summed E-state index contributed by atoms with van der Waals surface area (Å²) in [6.45, 7) is 3.28. The molecule has 116 valence electrons. The second-order valence-corrected chi connectivity index (χ2v) is 4.21. The van der Waals surface area contributed by atoms with Gasteiger partial charge in [-0.15, -0.1) is 0 Å². The second kappa shape index (κ2) is 7.46. The van der Waals surface area contributed by atoms with Crippen molar-refractivity contribution in [3.05, 3.63) is 10.4 Å². The second-order valence-electron chi connectivity index (χ2n) is 4.21. The van der Waals surface area contributed by atoms with Crippen LogP contribution in [0.15, 0.2) is 5.11 Å². The van der Waals surface area contributed by atoms with E-state index in [1.54, 1.807) is 0 Å². The standard InChI is InChI=1S/C11H15N3O7/c1-5(15)18-9-8(4-13-14-12)21-11(20-7(3)17)10(9)19-6(2)16/h8-11H,4H2,1-3H3/t8-,9-,10+,11+/m1/s1. The van der Waals surface area contributed by atoms with Gasteiger partial charge in [-0.2, -0.15) is 0 Å². The Morgan fingerprint density at radius 1 is 1.05 bits per heavy atom. The van der Waals surface area contributed by atoms with Gasteiger partial charge >= 0.3 is 17.9 Å². The van der Waals surface area contributed by atoms with Gasteiger partial charge in [0.15, 0.2) is 6.10 Å². The van der Waals surface area contributed by atoms with Crippen molar-refractivity contribution < 1.29 is 33.3 Å². The lowest BCUT2D eigenvalue weighted by Gasteiger charge is -2.22. The number of esters is 3. The lowest BCUT2D eigenvalue weighted by atomic mass is 10.1. The summed E-state index contributed by atoms with van der Waals surface area (Å²) < 4.78 is 20.2. The first-order valence-corrected chi connectivity index (χ1v) is 6.03. The van der Waals surface area contributed by atoms with Gasteiger partial charge in [0.1, 0.15) is 6.10 Å². The molecule has 1 aliphatic heterocycles. The van der Waals surface area contributed by atoms with Crippen molar-refractivity contribution in [1.82, 2.24) is 0 Å². The minimum absolute atomic E-state index is 0.177. The van der Waals surface area contributed by atoms with E-state index in [9.17, 15) is 14.4 Å². The van der Waals surface area contributed by atoms with Crippen LogP contribution >= 0.6 is 0 Å². The summed E-state index contributed by atoms with van der Waals surface area (Å²) in [4.78, 5) is 35.9. The molecular weight excluding hydrogens is 286 g/mol. The molecule has 0 N–H and O–H groups in total. The molecule has 0 saturated carbocycles. The summed E-state index contributed by atoms with van der Waals surface area (Å²) >= 11 is 0. The zero-order valence-corrected chi connectivity index (χ0v) is 11.7. The van der Waals surface area contributed by atoms with Crippen molar-refractivity contribution in [2.24, 2.45) is 5.11 Å². The maximum Gasteiger partial charge on any atom is 0.305 e. The minimum atomic E-state index is -1.24. The van der Waals surface area contributed by atoms with Crippen molar-refractivity contribution in [3.8, 4) is 0 Å². The first-order chi connectivity index (χ1) is 9.85. The van der Waals surface area contributed by atoms with Crippen molar-refractivity contribution in [3.63, 3.8) is 0 Å². The Labute approximate surface area is 119 Å². The van der Waals surface area contributed by atoms with Gasteiger partial charge in [-0.3, -0.25) is 14.4 Å². The summed E-state index contributed by atoms with van der Waals surface area (Å²) in [6, 6.07) is 0. The van der Waals surface area contributed by atoms with Crippen molar-refractivity contribution in [1.29, 1.82) is 0 Å². The van der Waals surface area contributed by atoms with Gasteiger partial charge in [0, 0.05) is 25.7 Å². The molecule has 0 bridgehead atoms. The van der Waals surface area contributed by atoms with Gasteiger partial charge < -0.3 is 18.9 Å². The van der Waals surface area contributed by atoms with E-state index in [0.717, 1.165) is 20.8 Å². The van der Waals surface area contributed by atoms with Crippen LogP contribution in [0.2, 0.25) is 0 Å². The molecule has 1 heterocycles. The zero-order chi connectivity index (χ0) is 16.0. The van der Waals surface area contributed by atoms with Gasteiger partial charge in [0.25, 0.3) is 0 Å². The molecule has 0 amide bonds. The van der Waals surface area contributed by atoms with E-state index < -0.39 is 42.5 Å². The Morgan fingerprint density at radius 2 is 1.57 bits per heavy atom. The number of nitrogens with zero attached hydrogens (tertiary/aromatic N) is 3. The predicted octanol–water partition coefficient (Wildman–Crippen LogP) is 0.448. The molecule has 1 saturated heterocycles. The van der Waals surface area contributed by atoms with Crippen molar-refractivity contribution >= 4 is 17.9 Å². The molecule has 21 heavy (non-hydrogen) atoms. The van der Waals surface area contributed by atoms with Crippen LogP contribution in [0.4, 0.5) is 0 Å². The lowest BCUT2D eigenvalue weighted by Crippen LogP contribution is -2.41. The fraction of sp³-hybridized carbons (Fsp3) is 0.727. The third-order valence-electron chi connectivity index (χ3n) is 2.48. The van der Waals surface area contributed by atoms with E-state index in [-0.39, 0.29) is 6.54 Å². The number of azide groups is 1. The number of carbonyl (C=O) groups excluding carboxylic acids is 3. The number of ether oxygens (including phenoxy) is 4. The maximum atomic E-state index is 11.1. The number of rotatable bonds is 5. The van der Waals surface area contributed by atoms with E-state index in [1.807, 2.05) is 0 Å². The third kappa shape index (κ3) is 4.93. The fourth-order valence-corrected chi connectivity index (χ4v) is 1.86. The summed E-state index contributed by atoms with van der Waals surface area (Å²) in [7, 11) is 0. The topological polar surface area (TPSA) is 137 Å². The van der Waals surface area contributed by atoms with Gasteiger partial charge in [-0.05, 0) is 5.53 Å². The predicted molar refractivity (Wildman–Crippen MR) is 65.5 cm³/mol. The summed E-state index contributed by atoms with van der Waals surface area (Å²) in [6.07, 6.45) is -4.30. The number of carbonyl (C=O) groups is 3. The molecule has 1 aliphatic rings. The first-order valence-electron chi connectivity index (χ1n) is 6.03. The highest BCUT2D eigenvalue weighted by Crippen LogP contribution is 2.28. The van der Waals surface area contributed by atoms with Crippen molar-refractivity contribution in [2.45, 2.75) is 45.4 Å². The lowest BCUT2D eigenvalue weighted by molar-refractivity contribution is -0.195. The fourth-order valence-electron chi connectivity index (χ4n) is 1.86. The van der Waals surface area contributed by atoms with Crippen molar-refractivity contribution in [2.75, 3.05) is 6.54 Å². The van der Waals surface area contributed by atoms with Gasteiger partial charge in [-0.25, -0.2) is 0 Å². The minimum Gasteiger partial charge on any atom is -0.456 e. The van der Waals surface area contributed by atoms with Crippen LogP contribution in [-0.4, -0.2) is 49.1 Å². The highest BCUT2D eigenvalue weighted by atomic mass is 16.7. The number of hydrogen-bond acceptors (Lipinski definition) is 8. The SMILES string of the molecule is CC(=O)O[C@H]1O[C@H](CN=[N+]=[N-])[C@@H](OC(C)=O)[C@@H]1OC(C)=O. The Kier molecular flexibility index (Phi) is 5.94. The largest absolute Gasteiger partial charge is 0.456 e. The first kappa shape index (κ1) is 16.7. The van der Waals surface area contributed by atoms with E-state index in [2.05, 4.69) is 10.0 Å². The molecule has 0 unspecified atom stereocenters. The van der Waals surface area contributed by atoms with Gasteiger partial charge in [0.05, 0.1) is 6.54 Å². The van der Waals surface area contributed by atoms with Gasteiger partial charge in [-0.1, -0.05) is 5.11 Å². The molecule has 10 nitrogen and oxygen atoms in total. The Balaban J connectivity index is 2.98. The third-order valence-corrected chi connectivity index (χ3v) is 2.48. The maximum absolute atomic E-state index is 11.1. The summed E-state index contributed by atoms with van der Waals surface area (Å²) in [5.41, 5.74) is 8.34. The van der Waals surface area contributed by atoms with E-state index in [1.165, 1.54) is 0 Å². The summed E-state index contributed by atoms with van der Waals surface area (Å²) in [5, 5.41) is 3.32. The smallest absolute Gasteiger partial charge is 0.305 e. The Morgan fingerprint density at radius 3 is 2.05 bits per heavy atom. The van der Waals surface area contributed by atoms with Crippen LogP contribution in [0.3, 0.4) is 0 Å². The average molecular weight is 301 g/mol. The van der Waals surface area contributed by atoms with Crippen LogP contribution in [0, 0.1) is 0 Å². The van der Waals surface area contributed by atoms with Crippen LogP contribution in [0.5, 0.6) is 0 Å². The Bertz CT molecular complexity index is 446. The molecule has 1 rings (SSSR count). The monoisotopic (exact) mass is 301 g/mol. The summed E-state index contributed by atoms with van der Waals surface area (Å²) in [5.74, 6) is -1.97. The van der Waals surface area contributed by atoms with Crippen LogP contribution in [-0.2, 0) is 33.3 Å². The van der Waals surface area contributed by atoms with Crippen LogP contribution < -0.4 is 0 Å². The molecule has 0 aromatic carbocycles. The normalized spacial score (nSPS) is 27.4. The van der Waals surface area contributed by atoms with E-state index in [4.69, 9.17) is 24.5 Å². The molecule has 0 spiro atoms. The molecule has 0 radical (unpaired) electrons. The highest BCUT2D eigenvalue weighted by molar-refractivity contribution is 5.68. The molecule has 0 aromatic rings. The van der Waals surface area contributed by atoms with E-state index >= 15 is 0 Å². The molecule has 10 heteroatoms. The molecule has 0 aliphatic carbocycles. The molecule has 4 atom stereocenters. The zero-order valence-electron chi connectivity index (χ0n) is 11.7. The molecule has 1 fully saturated rings. The Hall–Kier alpha value is -2.32.